The number of hydrogen-bond donors (Lipinski definition) is 3. The van der Waals surface area contributed by atoms with E-state index in [-0.39, 0.29) is 5.82 Å². The van der Waals surface area contributed by atoms with E-state index in [2.05, 4.69) is 15.0 Å². The molecule has 0 spiro atoms. The number of aromatic nitrogens is 2. The zero-order valence-corrected chi connectivity index (χ0v) is 9.70. The lowest BCUT2D eigenvalue weighted by Crippen LogP contribution is -2.35. The molecular weight excluding hydrogens is 256 g/mol. The van der Waals surface area contributed by atoms with Crippen LogP contribution in [0.2, 0.25) is 0 Å². The minimum Gasteiger partial charge on any atom is -0.394 e. The van der Waals surface area contributed by atoms with Gasteiger partial charge in [0.05, 0.1) is 18.8 Å². The second-order valence-corrected chi connectivity index (χ2v) is 3.98. The first kappa shape index (κ1) is 13.3. The standard InChI is InChI=1S/C9H12N6O4/c10-5-1-2-15(9(18)12-5)8-7(17)6(13-14-11)4(3-16)19-8/h1-2,4,6-8,16-17H,3H2,(H2,10,12,18). The van der Waals surface area contributed by atoms with Crippen molar-refractivity contribution in [3.05, 3.63) is 33.2 Å². The van der Waals surface area contributed by atoms with Crippen LogP contribution in [0.3, 0.4) is 0 Å². The molecule has 0 aromatic carbocycles. The second kappa shape index (κ2) is 5.24. The van der Waals surface area contributed by atoms with Crippen molar-refractivity contribution in [2.75, 3.05) is 12.3 Å². The number of ether oxygens (including phenoxy) is 1. The number of anilines is 1. The summed E-state index contributed by atoms with van der Waals surface area (Å²) in [6.45, 7) is -0.450. The molecule has 1 aromatic heterocycles. The molecule has 4 atom stereocenters. The van der Waals surface area contributed by atoms with Crippen molar-refractivity contribution in [1.29, 1.82) is 0 Å². The number of nitrogens with zero attached hydrogens (tertiary/aromatic N) is 5. The fraction of sp³-hybridized carbons (Fsp3) is 0.556. The molecule has 10 nitrogen and oxygen atoms in total. The van der Waals surface area contributed by atoms with Crippen LogP contribution in [0.5, 0.6) is 0 Å². The van der Waals surface area contributed by atoms with Gasteiger partial charge in [0.1, 0.15) is 11.9 Å². The lowest BCUT2D eigenvalue weighted by atomic mass is 10.1. The zero-order valence-electron chi connectivity index (χ0n) is 9.70. The molecule has 0 amide bonds. The minimum absolute atomic E-state index is 0.0408. The molecule has 0 aliphatic carbocycles. The van der Waals surface area contributed by atoms with Crippen molar-refractivity contribution in [3.8, 4) is 0 Å². The van der Waals surface area contributed by atoms with Gasteiger partial charge in [-0.1, -0.05) is 5.11 Å². The number of hydrogen-bond acceptors (Lipinski definition) is 7. The van der Waals surface area contributed by atoms with Crippen molar-refractivity contribution >= 4 is 5.82 Å². The first-order chi connectivity index (χ1) is 9.08. The van der Waals surface area contributed by atoms with E-state index in [1.165, 1.54) is 12.3 Å². The SMILES string of the molecule is [N-]=[N+]=NC1C(CO)OC(n2ccc(N)nc2=O)C1O. The molecule has 2 rings (SSSR count). The maximum atomic E-state index is 11.6. The number of nitrogen functional groups attached to an aromatic ring is 1. The largest absolute Gasteiger partial charge is 0.394 e. The van der Waals surface area contributed by atoms with Crippen molar-refractivity contribution < 1.29 is 14.9 Å². The molecule has 1 fully saturated rings. The first-order valence-electron chi connectivity index (χ1n) is 5.41. The highest BCUT2D eigenvalue weighted by Crippen LogP contribution is 2.30. The van der Waals surface area contributed by atoms with E-state index in [1.54, 1.807) is 0 Å². The van der Waals surface area contributed by atoms with E-state index in [1.807, 2.05) is 0 Å². The predicted octanol–water partition coefficient (Wildman–Crippen LogP) is -1.25. The van der Waals surface area contributed by atoms with Gasteiger partial charge in [0.2, 0.25) is 0 Å². The second-order valence-electron chi connectivity index (χ2n) is 3.98. The zero-order chi connectivity index (χ0) is 14.0. The summed E-state index contributed by atoms with van der Waals surface area (Å²) in [5.74, 6) is 0.0408. The van der Waals surface area contributed by atoms with E-state index in [4.69, 9.17) is 21.1 Å². The van der Waals surface area contributed by atoms with Crippen molar-refractivity contribution in [2.24, 2.45) is 5.11 Å². The summed E-state index contributed by atoms with van der Waals surface area (Å²) in [5.41, 5.74) is 13.1. The number of aliphatic hydroxyl groups excluding tert-OH is 2. The van der Waals surface area contributed by atoms with Crippen LogP contribution in [0.15, 0.2) is 22.2 Å². The van der Waals surface area contributed by atoms with Gasteiger partial charge in [0.15, 0.2) is 6.23 Å². The molecule has 4 unspecified atom stereocenters. The summed E-state index contributed by atoms with van der Waals surface area (Å²) in [7, 11) is 0. The molecule has 0 bridgehead atoms. The lowest BCUT2D eigenvalue weighted by molar-refractivity contribution is -0.0531. The van der Waals surface area contributed by atoms with Gasteiger partial charge in [-0.05, 0) is 11.6 Å². The van der Waals surface area contributed by atoms with E-state index < -0.39 is 36.8 Å². The summed E-state index contributed by atoms with van der Waals surface area (Å²) in [5, 5.41) is 22.5. The van der Waals surface area contributed by atoms with Crippen LogP contribution < -0.4 is 11.4 Å². The summed E-state index contributed by atoms with van der Waals surface area (Å²) in [4.78, 5) is 17.7. The van der Waals surface area contributed by atoms with E-state index in [0.717, 1.165) is 4.57 Å². The summed E-state index contributed by atoms with van der Waals surface area (Å²) in [6.07, 6.45) is -1.93. The third kappa shape index (κ3) is 2.37. The average molecular weight is 268 g/mol. The van der Waals surface area contributed by atoms with Gasteiger partial charge in [-0.15, -0.1) is 0 Å². The van der Waals surface area contributed by atoms with Gasteiger partial charge in [0, 0.05) is 11.1 Å². The molecule has 1 saturated heterocycles. The maximum absolute atomic E-state index is 11.6. The van der Waals surface area contributed by atoms with Crippen LogP contribution in [-0.4, -0.2) is 44.6 Å². The Kier molecular flexibility index (Phi) is 3.67. The molecule has 2 heterocycles. The van der Waals surface area contributed by atoms with E-state index in [0.29, 0.717) is 0 Å². The highest BCUT2D eigenvalue weighted by atomic mass is 16.5. The number of azide groups is 1. The molecule has 10 heteroatoms. The lowest BCUT2D eigenvalue weighted by Gasteiger charge is -2.17. The van der Waals surface area contributed by atoms with Gasteiger partial charge in [-0.25, -0.2) is 4.79 Å². The smallest absolute Gasteiger partial charge is 0.351 e. The Bertz CT molecular complexity index is 568. The maximum Gasteiger partial charge on any atom is 0.351 e. The van der Waals surface area contributed by atoms with Gasteiger partial charge in [-0.2, -0.15) is 4.98 Å². The number of nitrogens with two attached hydrogens (primary N) is 1. The summed E-state index contributed by atoms with van der Waals surface area (Å²) < 4.78 is 6.34. The Hall–Kier alpha value is -2.13. The predicted molar refractivity (Wildman–Crippen MR) is 62.8 cm³/mol. The molecule has 19 heavy (non-hydrogen) atoms. The number of aliphatic hydroxyl groups is 2. The summed E-state index contributed by atoms with van der Waals surface area (Å²) in [6, 6.07) is 0.385. The topological polar surface area (TPSA) is 159 Å². The Balaban J connectivity index is 2.36. The van der Waals surface area contributed by atoms with E-state index in [9.17, 15) is 9.90 Å². The fourth-order valence-electron chi connectivity index (χ4n) is 1.93. The van der Waals surface area contributed by atoms with Crippen molar-refractivity contribution in [3.63, 3.8) is 0 Å². The monoisotopic (exact) mass is 268 g/mol. The normalized spacial score (nSPS) is 30.0. The average Bonchev–Trinajstić information content (AvgIpc) is 2.68. The third-order valence-electron chi connectivity index (χ3n) is 2.83. The molecular formula is C9H12N6O4. The summed E-state index contributed by atoms with van der Waals surface area (Å²) >= 11 is 0. The Morgan fingerprint density at radius 3 is 3.00 bits per heavy atom. The van der Waals surface area contributed by atoms with Gasteiger partial charge in [-0.3, -0.25) is 4.57 Å². The molecule has 0 radical (unpaired) electrons. The van der Waals surface area contributed by atoms with Crippen molar-refractivity contribution in [1.82, 2.24) is 9.55 Å². The Morgan fingerprint density at radius 2 is 2.42 bits per heavy atom. The fourth-order valence-corrected chi connectivity index (χ4v) is 1.93. The molecule has 1 aliphatic heterocycles. The minimum atomic E-state index is -1.27. The van der Waals surface area contributed by atoms with Gasteiger partial charge in [0.25, 0.3) is 0 Å². The highest BCUT2D eigenvalue weighted by Gasteiger charge is 2.44. The van der Waals surface area contributed by atoms with Crippen LogP contribution in [0.1, 0.15) is 6.23 Å². The third-order valence-corrected chi connectivity index (χ3v) is 2.83. The van der Waals surface area contributed by atoms with E-state index >= 15 is 0 Å². The molecule has 1 aromatic rings. The quantitative estimate of drug-likeness (QED) is 0.353. The first-order valence-corrected chi connectivity index (χ1v) is 5.41. The van der Waals surface area contributed by atoms with Crippen LogP contribution in [0.25, 0.3) is 10.4 Å². The molecule has 4 N–H and O–H groups in total. The van der Waals surface area contributed by atoms with Crippen LogP contribution in [-0.2, 0) is 4.74 Å². The molecule has 1 aliphatic rings. The van der Waals surface area contributed by atoms with Crippen LogP contribution in [0.4, 0.5) is 5.82 Å². The van der Waals surface area contributed by atoms with Crippen LogP contribution in [0, 0.1) is 0 Å². The van der Waals surface area contributed by atoms with Crippen LogP contribution >= 0.6 is 0 Å². The Labute approximate surface area is 106 Å². The Morgan fingerprint density at radius 1 is 1.68 bits per heavy atom. The van der Waals surface area contributed by atoms with Gasteiger partial charge >= 0.3 is 5.69 Å². The molecule has 0 saturated carbocycles. The van der Waals surface area contributed by atoms with Crippen molar-refractivity contribution in [2.45, 2.75) is 24.5 Å². The van der Waals surface area contributed by atoms with Gasteiger partial charge < -0.3 is 20.7 Å². The molecule has 102 valence electrons. The highest BCUT2D eigenvalue weighted by molar-refractivity contribution is 5.23. The number of rotatable bonds is 3.